The van der Waals surface area contributed by atoms with Crippen molar-refractivity contribution in [2.24, 2.45) is 5.73 Å². The molecule has 37 heavy (non-hydrogen) atoms. The van der Waals surface area contributed by atoms with Crippen LogP contribution in [0.4, 0.5) is 0 Å². The number of likely N-dealkylation sites (tertiary alicyclic amines) is 1. The minimum Gasteiger partial charge on any atom is -0.507 e. The Morgan fingerprint density at radius 3 is 2.41 bits per heavy atom. The number of hydrogen-bond acceptors (Lipinski definition) is 6. The standard InChI is InChI=1S/C28H35N5O4/c1-17-7-6-8-18(2)32(17)13-4-3-5-14-33-23-16-20(28(36)37)9-11-22(23)31-25(27(33)35)21-15-19(26(29)30)10-12-24(21)34/h9-12,15-18,34H,3-8,13-14H2,1-2H3,(H3,29,30)(H,36,37). The van der Waals surface area contributed by atoms with Crippen LogP contribution in [-0.4, -0.2) is 55.1 Å². The van der Waals surface area contributed by atoms with E-state index in [4.69, 9.17) is 11.1 Å². The Bertz CT molecular complexity index is 1370. The number of nitrogen functional groups attached to an aromatic ring is 1. The van der Waals surface area contributed by atoms with Crippen molar-refractivity contribution in [3.63, 3.8) is 0 Å². The van der Waals surface area contributed by atoms with Crippen molar-refractivity contribution in [2.45, 2.75) is 71.0 Å². The molecule has 0 saturated carbocycles. The maximum Gasteiger partial charge on any atom is 0.335 e. The normalized spacial score (nSPS) is 18.2. The quantitative estimate of drug-likeness (QED) is 0.194. The molecular weight excluding hydrogens is 470 g/mol. The average molecular weight is 506 g/mol. The number of nitrogens with two attached hydrogens (primary N) is 1. The van der Waals surface area contributed by atoms with Crippen molar-refractivity contribution < 1.29 is 15.0 Å². The van der Waals surface area contributed by atoms with Gasteiger partial charge in [-0.3, -0.25) is 15.1 Å². The van der Waals surface area contributed by atoms with E-state index in [-0.39, 0.29) is 28.4 Å². The Balaban J connectivity index is 1.64. The molecule has 2 aromatic carbocycles. The van der Waals surface area contributed by atoms with Gasteiger partial charge in [-0.15, -0.1) is 0 Å². The number of phenols is 1. The fraction of sp³-hybridized carbons (Fsp3) is 0.429. The first-order valence-electron chi connectivity index (χ1n) is 12.9. The Hall–Kier alpha value is -3.72. The van der Waals surface area contributed by atoms with Gasteiger partial charge in [0.2, 0.25) is 0 Å². The van der Waals surface area contributed by atoms with Gasteiger partial charge in [0.05, 0.1) is 16.6 Å². The number of carboxylic acid groups (broad SMARTS) is 1. The summed E-state index contributed by atoms with van der Waals surface area (Å²) in [5.74, 6) is -1.42. The van der Waals surface area contributed by atoms with Crippen molar-refractivity contribution in [2.75, 3.05) is 6.54 Å². The lowest BCUT2D eigenvalue weighted by Crippen LogP contribution is -2.44. The zero-order chi connectivity index (χ0) is 26.7. The second kappa shape index (κ2) is 11.1. The summed E-state index contributed by atoms with van der Waals surface area (Å²) >= 11 is 0. The van der Waals surface area contributed by atoms with Gasteiger partial charge in [-0.25, -0.2) is 9.78 Å². The Morgan fingerprint density at radius 1 is 1.05 bits per heavy atom. The molecule has 9 heteroatoms. The average Bonchev–Trinajstić information content (AvgIpc) is 2.86. The maximum absolute atomic E-state index is 13.6. The van der Waals surface area contributed by atoms with Crippen LogP contribution in [0.3, 0.4) is 0 Å². The van der Waals surface area contributed by atoms with E-state index in [1.807, 2.05) is 0 Å². The second-order valence-corrected chi connectivity index (χ2v) is 10.00. The maximum atomic E-state index is 13.6. The molecule has 1 aliphatic heterocycles. The van der Waals surface area contributed by atoms with E-state index < -0.39 is 11.5 Å². The Kier molecular flexibility index (Phi) is 7.92. The monoisotopic (exact) mass is 505 g/mol. The van der Waals surface area contributed by atoms with E-state index >= 15 is 0 Å². The van der Waals surface area contributed by atoms with Gasteiger partial charge in [0.25, 0.3) is 5.56 Å². The highest BCUT2D eigenvalue weighted by Crippen LogP contribution is 2.28. The number of piperidine rings is 1. The molecule has 0 radical (unpaired) electrons. The molecule has 1 fully saturated rings. The molecule has 4 rings (SSSR count). The van der Waals surface area contributed by atoms with Crippen molar-refractivity contribution in [3.05, 3.63) is 57.9 Å². The van der Waals surface area contributed by atoms with Crippen molar-refractivity contribution >= 4 is 22.8 Å². The number of carboxylic acids is 1. The van der Waals surface area contributed by atoms with Gasteiger partial charge in [-0.05, 0) is 82.5 Å². The highest BCUT2D eigenvalue weighted by atomic mass is 16.4. The van der Waals surface area contributed by atoms with Crippen molar-refractivity contribution in [1.29, 1.82) is 5.41 Å². The number of fused-ring (bicyclic) bond motifs is 1. The number of phenolic OH excluding ortho intramolecular Hbond substituents is 1. The summed E-state index contributed by atoms with van der Waals surface area (Å²) in [6.45, 7) is 5.99. The lowest BCUT2D eigenvalue weighted by Gasteiger charge is -2.39. The summed E-state index contributed by atoms with van der Waals surface area (Å²) < 4.78 is 1.55. The fourth-order valence-corrected chi connectivity index (χ4v) is 5.32. The van der Waals surface area contributed by atoms with Crippen LogP contribution in [0, 0.1) is 5.41 Å². The highest BCUT2D eigenvalue weighted by molar-refractivity contribution is 5.97. The number of unbranched alkanes of at least 4 members (excludes halogenated alkanes) is 2. The third kappa shape index (κ3) is 5.67. The van der Waals surface area contributed by atoms with Crippen LogP contribution in [0.5, 0.6) is 5.75 Å². The number of aromatic nitrogens is 2. The molecule has 0 amide bonds. The fourth-order valence-electron chi connectivity index (χ4n) is 5.32. The molecule has 0 spiro atoms. The van der Waals surface area contributed by atoms with Gasteiger partial charge in [-0.1, -0.05) is 12.8 Å². The molecule has 1 aromatic heterocycles. The summed E-state index contributed by atoms with van der Waals surface area (Å²) in [5, 5.41) is 27.7. The largest absolute Gasteiger partial charge is 0.507 e. The first-order valence-corrected chi connectivity index (χ1v) is 12.9. The lowest BCUT2D eigenvalue weighted by molar-refractivity contribution is 0.0697. The molecule has 5 N–H and O–H groups in total. The Morgan fingerprint density at radius 2 is 1.73 bits per heavy atom. The summed E-state index contributed by atoms with van der Waals surface area (Å²) in [7, 11) is 0. The van der Waals surface area contributed by atoms with E-state index in [0.29, 0.717) is 35.2 Å². The number of aromatic hydroxyl groups is 1. The van der Waals surface area contributed by atoms with Crippen LogP contribution >= 0.6 is 0 Å². The van der Waals surface area contributed by atoms with Gasteiger partial charge < -0.3 is 20.5 Å². The van der Waals surface area contributed by atoms with Gasteiger partial charge in [0.15, 0.2) is 0 Å². The number of aryl methyl sites for hydroxylation is 1. The predicted molar refractivity (Wildman–Crippen MR) is 144 cm³/mol. The molecule has 2 unspecified atom stereocenters. The van der Waals surface area contributed by atoms with E-state index in [1.165, 1.54) is 49.6 Å². The predicted octanol–water partition coefficient (Wildman–Crippen LogP) is 4.18. The van der Waals surface area contributed by atoms with Crippen LogP contribution in [0.25, 0.3) is 22.3 Å². The molecule has 196 valence electrons. The molecular formula is C28H35N5O4. The van der Waals surface area contributed by atoms with E-state index in [0.717, 1.165) is 25.8 Å². The van der Waals surface area contributed by atoms with Crippen LogP contribution < -0.4 is 11.3 Å². The SMILES string of the molecule is CC1CCCC(C)N1CCCCCn1c(=O)c(-c2cc(C(=N)N)ccc2O)nc2ccc(C(=O)O)cc21. The number of nitrogens with zero attached hydrogens (tertiary/aromatic N) is 3. The summed E-state index contributed by atoms with van der Waals surface area (Å²) in [6.07, 6.45) is 6.42. The van der Waals surface area contributed by atoms with Gasteiger partial charge in [0.1, 0.15) is 17.3 Å². The number of carbonyl (C=O) groups is 1. The van der Waals surface area contributed by atoms with Crippen LogP contribution in [-0.2, 0) is 6.54 Å². The van der Waals surface area contributed by atoms with Gasteiger partial charge in [-0.2, -0.15) is 0 Å². The van der Waals surface area contributed by atoms with E-state index in [9.17, 15) is 19.8 Å². The molecule has 2 heterocycles. The first kappa shape index (κ1) is 26.3. The third-order valence-corrected chi connectivity index (χ3v) is 7.43. The second-order valence-electron chi connectivity index (χ2n) is 10.00. The minimum absolute atomic E-state index is 0.0344. The number of rotatable bonds is 9. The molecule has 3 aromatic rings. The number of nitrogens with one attached hydrogen (secondary N) is 1. The molecule has 9 nitrogen and oxygen atoms in total. The highest BCUT2D eigenvalue weighted by Gasteiger charge is 2.24. The van der Waals surface area contributed by atoms with Crippen LogP contribution in [0.1, 0.15) is 68.3 Å². The number of aromatic carboxylic acids is 1. The smallest absolute Gasteiger partial charge is 0.335 e. The number of benzene rings is 2. The first-order chi connectivity index (χ1) is 17.7. The summed E-state index contributed by atoms with van der Waals surface area (Å²) in [4.78, 5) is 32.3. The molecule has 0 aliphatic carbocycles. The molecule has 1 saturated heterocycles. The zero-order valence-corrected chi connectivity index (χ0v) is 21.4. The summed E-state index contributed by atoms with van der Waals surface area (Å²) in [6, 6.07) is 10.0. The van der Waals surface area contributed by atoms with Crippen LogP contribution in [0.2, 0.25) is 0 Å². The van der Waals surface area contributed by atoms with E-state index in [2.05, 4.69) is 23.7 Å². The van der Waals surface area contributed by atoms with Crippen LogP contribution in [0.15, 0.2) is 41.2 Å². The molecule has 1 aliphatic rings. The lowest BCUT2D eigenvalue weighted by atomic mass is 9.97. The Labute approximate surface area is 216 Å². The minimum atomic E-state index is -1.08. The van der Waals surface area contributed by atoms with Gasteiger partial charge >= 0.3 is 5.97 Å². The topological polar surface area (TPSA) is 146 Å². The molecule has 2 atom stereocenters. The van der Waals surface area contributed by atoms with Gasteiger partial charge in [0, 0.05) is 29.8 Å². The van der Waals surface area contributed by atoms with Crippen molar-refractivity contribution in [3.8, 4) is 17.0 Å². The third-order valence-electron chi connectivity index (χ3n) is 7.43. The molecule has 0 bridgehead atoms. The van der Waals surface area contributed by atoms with Crippen molar-refractivity contribution in [1.82, 2.24) is 14.5 Å². The van der Waals surface area contributed by atoms with E-state index in [1.54, 1.807) is 10.6 Å². The summed E-state index contributed by atoms with van der Waals surface area (Å²) in [5.41, 5.74) is 6.73. The number of amidine groups is 1. The number of hydrogen-bond donors (Lipinski definition) is 4. The zero-order valence-electron chi connectivity index (χ0n) is 21.4.